The Morgan fingerprint density at radius 1 is 0.907 bits per heavy atom. The van der Waals surface area contributed by atoms with Crippen molar-refractivity contribution in [2.24, 2.45) is 17.3 Å². The fourth-order valence-corrected chi connectivity index (χ4v) is 8.61. The van der Waals surface area contributed by atoms with Crippen molar-refractivity contribution in [3.05, 3.63) is 89.0 Å². The number of carbonyl (C=O) groups is 3. The molecule has 0 spiro atoms. The minimum Gasteiger partial charge on any atom is -0.469 e. The van der Waals surface area contributed by atoms with Gasteiger partial charge >= 0.3 is 12.1 Å². The second kappa shape index (κ2) is 9.69. The van der Waals surface area contributed by atoms with E-state index >= 15 is 0 Å². The van der Waals surface area contributed by atoms with Crippen LogP contribution in [0, 0.1) is 17.3 Å². The molecule has 0 saturated heterocycles. The lowest BCUT2D eigenvalue weighted by Crippen LogP contribution is -2.64. The standard InChI is InChI=1S/C34H31F3N2O4/c1-43-31(42)32-14-20-12-21(15-32)17-33(16-20,19-32)39-18-25-3-2-24(13-28(25)30(39)41)22-6-10-27(11-7-22)38-29(40)23-4-8-26(9-5-23)34(35,36)37/h2-11,13,20-21H,12,14-19H2,1H3,(H,38,40). The number of amides is 2. The smallest absolute Gasteiger partial charge is 0.416 e. The largest absolute Gasteiger partial charge is 0.469 e. The summed E-state index contributed by atoms with van der Waals surface area (Å²) in [6, 6.07) is 17.1. The summed E-state index contributed by atoms with van der Waals surface area (Å²) in [5.41, 5.74) is 2.40. The van der Waals surface area contributed by atoms with Crippen molar-refractivity contribution in [1.82, 2.24) is 4.90 Å². The number of alkyl halides is 3. The highest BCUT2D eigenvalue weighted by molar-refractivity contribution is 6.04. The first-order chi connectivity index (χ1) is 20.5. The Hall–Kier alpha value is -4.14. The predicted octanol–water partition coefficient (Wildman–Crippen LogP) is 7.09. The van der Waals surface area contributed by atoms with Gasteiger partial charge in [0.25, 0.3) is 11.8 Å². The first-order valence-corrected chi connectivity index (χ1v) is 14.6. The van der Waals surface area contributed by atoms with Crippen LogP contribution in [-0.4, -0.2) is 35.3 Å². The van der Waals surface area contributed by atoms with Gasteiger partial charge in [-0.1, -0.05) is 24.3 Å². The van der Waals surface area contributed by atoms with E-state index in [0.717, 1.165) is 73.1 Å². The molecule has 1 N–H and O–H groups in total. The Kier molecular flexibility index (Phi) is 6.24. The van der Waals surface area contributed by atoms with Crippen LogP contribution in [0.3, 0.4) is 0 Å². The lowest BCUT2D eigenvalue weighted by Gasteiger charge is -2.63. The highest BCUT2D eigenvalue weighted by Crippen LogP contribution is 2.64. The first kappa shape index (κ1) is 27.7. The van der Waals surface area contributed by atoms with Crippen LogP contribution < -0.4 is 5.32 Å². The number of methoxy groups -OCH3 is 1. The van der Waals surface area contributed by atoms with Gasteiger partial charge in [-0.3, -0.25) is 14.4 Å². The molecule has 9 heteroatoms. The van der Waals surface area contributed by atoms with E-state index in [2.05, 4.69) is 5.32 Å². The second-order valence-corrected chi connectivity index (χ2v) is 12.8. The molecule has 1 aliphatic heterocycles. The summed E-state index contributed by atoms with van der Waals surface area (Å²) in [6.45, 7) is 0.542. The number of esters is 1. The van der Waals surface area contributed by atoms with Gasteiger partial charge in [-0.05, 0) is 110 Å². The molecule has 4 saturated carbocycles. The molecule has 4 aliphatic carbocycles. The molecule has 2 amide bonds. The van der Waals surface area contributed by atoms with E-state index in [0.29, 0.717) is 36.1 Å². The van der Waals surface area contributed by atoms with E-state index in [1.54, 1.807) is 12.1 Å². The van der Waals surface area contributed by atoms with Crippen molar-refractivity contribution in [3.8, 4) is 11.1 Å². The minimum absolute atomic E-state index is 0.0132. The Balaban J connectivity index is 1.07. The zero-order valence-corrected chi connectivity index (χ0v) is 23.7. The summed E-state index contributed by atoms with van der Waals surface area (Å²) in [5, 5.41) is 2.71. The highest BCUT2D eigenvalue weighted by Gasteiger charge is 2.64. The van der Waals surface area contributed by atoms with E-state index in [9.17, 15) is 27.6 Å². The Labute approximate surface area is 247 Å². The van der Waals surface area contributed by atoms with Crippen LogP contribution in [-0.2, 0) is 22.3 Å². The average Bonchev–Trinajstić information content (AvgIpc) is 3.32. The predicted molar refractivity (Wildman–Crippen MR) is 153 cm³/mol. The number of nitrogens with one attached hydrogen (secondary N) is 1. The third-order valence-corrected chi connectivity index (χ3v) is 10.1. The van der Waals surface area contributed by atoms with Gasteiger partial charge in [-0.15, -0.1) is 0 Å². The fraction of sp³-hybridized carbons (Fsp3) is 0.382. The molecular formula is C34H31F3N2O4. The molecule has 43 heavy (non-hydrogen) atoms. The molecule has 1 heterocycles. The molecule has 4 bridgehead atoms. The summed E-state index contributed by atoms with van der Waals surface area (Å²) < 4.78 is 43.7. The molecule has 0 aromatic heterocycles. The number of anilines is 1. The lowest BCUT2D eigenvalue weighted by atomic mass is 9.46. The first-order valence-electron chi connectivity index (χ1n) is 14.6. The zero-order valence-electron chi connectivity index (χ0n) is 23.7. The van der Waals surface area contributed by atoms with Crippen LogP contribution in [0.5, 0.6) is 0 Å². The van der Waals surface area contributed by atoms with Crippen molar-refractivity contribution >= 4 is 23.5 Å². The molecule has 2 atom stereocenters. The summed E-state index contributed by atoms with van der Waals surface area (Å²) >= 11 is 0. The van der Waals surface area contributed by atoms with Crippen LogP contribution in [0.4, 0.5) is 18.9 Å². The topological polar surface area (TPSA) is 75.7 Å². The third-order valence-electron chi connectivity index (χ3n) is 10.1. The van der Waals surface area contributed by atoms with Crippen LogP contribution in [0.25, 0.3) is 11.1 Å². The second-order valence-electron chi connectivity index (χ2n) is 12.8. The summed E-state index contributed by atoms with van der Waals surface area (Å²) in [7, 11) is 1.46. The van der Waals surface area contributed by atoms with Crippen molar-refractivity contribution in [2.75, 3.05) is 12.4 Å². The van der Waals surface area contributed by atoms with Crippen molar-refractivity contribution in [3.63, 3.8) is 0 Å². The Morgan fingerprint density at radius 2 is 1.56 bits per heavy atom. The molecule has 4 fully saturated rings. The molecule has 222 valence electrons. The van der Waals surface area contributed by atoms with Crippen LogP contribution in [0.2, 0.25) is 0 Å². The van der Waals surface area contributed by atoms with Gasteiger partial charge in [-0.25, -0.2) is 0 Å². The van der Waals surface area contributed by atoms with Crippen LogP contribution in [0.15, 0.2) is 66.7 Å². The van der Waals surface area contributed by atoms with Gasteiger partial charge in [0, 0.05) is 28.9 Å². The SMILES string of the molecule is COC(=O)C12CC3CC(C1)CC(N1Cc4ccc(-c5ccc(NC(=O)c6ccc(C(F)(F)F)cc6)cc5)cc4C1=O)(C3)C2. The maximum absolute atomic E-state index is 13.9. The van der Waals surface area contributed by atoms with Crippen molar-refractivity contribution in [1.29, 1.82) is 0 Å². The van der Waals surface area contributed by atoms with E-state index in [1.807, 2.05) is 35.2 Å². The number of rotatable bonds is 5. The van der Waals surface area contributed by atoms with Gasteiger partial charge in [0.2, 0.25) is 0 Å². The Morgan fingerprint density at radius 3 is 2.19 bits per heavy atom. The van der Waals surface area contributed by atoms with Crippen LogP contribution in [0.1, 0.15) is 70.4 Å². The minimum atomic E-state index is -4.46. The summed E-state index contributed by atoms with van der Waals surface area (Å²) in [5.74, 6) is 0.246. The van der Waals surface area contributed by atoms with Gasteiger partial charge < -0.3 is 15.0 Å². The molecule has 6 nitrogen and oxygen atoms in total. The van der Waals surface area contributed by atoms with Crippen molar-refractivity contribution in [2.45, 2.75) is 56.8 Å². The normalized spacial score (nSPS) is 27.3. The average molecular weight is 589 g/mol. The summed E-state index contributed by atoms with van der Waals surface area (Å²) in [4.78, 5) is 41.5. The van der Waals surface area contributed by atoms with Gasteiger partial charge in [0.1, 0.15) is 0 Å². The molecule has 0 radical (unpaired) electrons. The zero-order chi connectivity index (χ0) is 30.1. The quantitative estimate of drug-likeness (QED) is 0.323. The Bertz CT molecular complexity index is 1620. The molecule has 8 rings (SSSR count). The van der Waals surface area contributed by atoms with Gasteiger partial charge in [0.05, 0.1) is 18.1 Å². The number of nitrogens with zero attached hydrogens (tertiary/aromatic N) is 1. The summed E-state index contributed by atoms with van der Waals surface area (Å²) in [6.07, 6.45) is 0.929. The number of hydrogen-bond acceptors (Lipinski definition) is 4. The molecule has 5 aliphatic rings. The third kappa shape index (κ3) is 4.60. The lowest BCUT2D eigenvalue weighted by molar-refractivity contribution is -0.179. The maximum atomic E-state index is 13.9. The number of carbonyl (C=O) groups excluding carboxylic acids is 3. The number of fused-ring (bicyclic) bond motifs is 1. The monoisotopic (exact) mass is 588 g/mol. The number of ether oxygens (including phenoxy) is 1. The highest BCUT2D eigenvalue weighted by atomic mass is 19.4. The van der Waals surface area contributed by atoms with Crippen molar-refractivity contribution < 1.29 is 32.3 Å². The van der Waals surface area contributed by atoms with Gasteiger partial charge in [0.15, 0.2) is 0 Å². The fourth-order valence-electron chi connectivity index (χ4n) is 8.61. The van der Waals surface area contributed by atoms with E-state index in [1.165, 1.54) is 7.11 Å². The van der Waals surface area contributed by atoms with E-state index in [4.69, 9.17) is 4.74 Å². The number of halogens is 3. The van der Waals surface area contributed by atoms with E-state index in [-0.39, 0.29) is 23.0 Å². The molecule has 2 unspecified atom stereocenters. The van der Waals surface area contributed by atoms with Crippen LogP contribution >= 0.6 is 0 Å². The number of benzene rings is 3. The maximum Gasteiger partial charge on any atom is 0.416 e. The van der Waals surface area contributed by atoms with Gasteiger partial charge in [-0.2, -0.15) is 13.2 Å². The number of hydrogen-bond donors (Lipinski definition) is 1. The molecular weight excluding hydrogens is 557 g/mol. The molecule has 3 aromatic rings. The molecule has 3 aromatic carbocycles. The van der Waals surface area contributed by atoms with E-state index < -0.39 is 23.1 Å².